The van der Waals surface area contributed by atoms with E-state index in [4.69, 9.17) is 5.73 Å². The second kappa shape index (κ2) is 6.03. The van der Waals surface area contributed by atoms with Crippen molar-refractivity contribution < 1.29 is 9.90 Å². The highest BCUT2D eigenvalue weighted by Crippen LogP contribution is 2.30. The minimum Gasteiger partial charge on any atom is -0.399 e. The molecule has 0 aliphatic heterocycles. The zero-order valence-electron chi connectivity index (χ0n) is 11.9. The Hall–Kier alpha value is -1.59. The molecule has 4 nitrogen and oxygen atoms in total. The molecule has 0 saturated heterocycles. The van der Waals surface area contributed by atoms with Gasteiger partial charge in [0.1, 0.15) is 0 Å². The summed E-state index contributed by atoms with van der Waals surface area (Å²) >= 11 is 1.50. The van der Waals surface area contributed by atoms with Crippen LogP contribution in [0.25, 0.3) is 10.1 Å². The normalized spacial score (nSPS) is 15.7. The summed E-state index contributed by atoms with van der Waals surface area (Å²) < 4.78 is 1.07. The van der Waals surface area contributed by atoms with Gasteiger partial charge in [-0.25, -0.2) is 0 Å². The number of aliphatic hydroxyl groups excluding tert-OH is 1. The van der Waals surface area contributed by atoms with Crippen LogP contribution in [0.2, 0.25) is 0 Å². The number of carbonyl (C=O) groups is 1. The Morgan fingerprint density at radius 1 is 1.33 bits per heavy atom. The van der Waals surface area contributed by atoms with Crippen LogP contribution in [0.4, 0.5) is 5.69 Å². The van der Waals surface area contributed by atoms with E-state index in [1.54, 1.807) is 0 Å². The van der Waals surface area contributed by atoms with Crippen LogP contribution in [-0.4, -0.2) is 35.1 Å². The molecule has 1 aliphatic rings. The molecule has 0 radical (unpaired) electrons. The van der Waals surface area contributed by atoms with Gasteiger partial charge in [0.05, 0.1) is 11.5 Å². The van der Waals surface area contributed by atoms with Crippen LogP contribution in [0.1, 0.15) is 35.4 Å². The molecule has 0 spiro atoms. The zero-order valence-corrected chi connectivity index (χ0v) is 12.7. The highest BCUT2D eigenvalue weighted by Gasteiger charge is 2.27. The molecule has 1 aromatic carbocycles. The maximum Gasteiger partial charge on any atom is 0.264 e. The van der Waals surface area contributed by atoms with Gasteiger partial charge in [-0.05, 0) is 42.5 Å². The quantitative estimate of drug-likeness (QED) is 0.854. The predicted octanol–water partition coefficient (Wildman–Crippen LogP) is 2.86. The molecule has 21 heavy (non-hydrogen) atoms. The summed E-state index contributed by atoms with van der Waals surface area (Å²) in [5, 5.41) is 10.3. The number of amides is 1. The maximum absolute atomic E-state index is 12.8. The minimum atomic E-state index is 0.0140. The highest BCUT2D eigenvalue weighted by molar-refractivity contribution is 7.20. The molecule has 1 aromatic heterocycles. The fourth-order valence-corrected chi connectivity index (χ4v) is 4.08. The molecular weight excluding hydrogens is 284 g/mol. The third kappa shape index (κ3) is 2.89. The number of nitrogens with two attached hydrogens (primary N) is 1. The SMILES string of the molecule is Nc1ccc2sc(C(=O)N(CCO)C3CCCC3)cc2c1. The number of anilines is 1. The number of hydrogen-bond donors (Lipinski definition) is 2. The highest BCUT2D eigenvalue weighted by atomic mass is 32.1. The molecule has 3 N–H and O–H groups in total. The zero-order chi connectivity index (χ0) is 14.8. The lowest BCUT2D eigenvalue weighted by atomic mass is 10.2. The van der Waals surface area contributed by atoms with E-state index in [0.29, 0.717) is 12.2 Å². The fraction of sp³-hybridized carbons (Fsp3) is 0.438. The smallest absolute Gasteiger partial charge is 0.264 e. The maximum atomic E-state index is 12.8. The lowest BCUT2D eigenvalue weighted by molar-refractivity contribution is 0.0643. The van der Waals surface area contributed by atoms with E-state index < -0.39 is 0 Å². The van der Waals surface area contributed by atoms with E-state index in [1.165, 1.54) is 24.2 Å². The number of nitrogens with zero attached hydrogens (tertiary/aromatic N) is 1. The van der Waals surface area contributed by atoms with Crippen LogP contribution in [0.15, 0.2) is 24.3 Å². The topological polar surface area (TPSA) is 66.6 Å². The largest absolute Gasteiger partial charge is 0.399 e. The molecule has 1 amide bonds. The van der Waals surface area contributed by atoms with Crippen molar-refractivity contribution in [3.63, 3.8) is 0 Å². The first-order valence-electron chi connectivity index (χ1n) is 7.40. The Balaban J connectivity index is 1.89. The van der Waals surface area contributed by atoms with Crippen LogP contribution in [0, 0.1) is 0 Å². The van der Waals surface area contributed by atoms with Crippen LogP contribution in [0.5, 0.6) is 0 Å². The number of fused-ring (bicyclic) bond motifs is 1. The summed E-state index contributed by atoms with van der Waals surface area (Å²) in [6.45, 7) is 0.431. The number of rotatable bonds is 4. The lowest BCUT2D eigenvalue weighted by Crippen LogP contribution is -2.40. The van der Waals surface area contributed by atoms with E-state index in [-0.39, 0.29) is 18.6 Å². The van der Waals surface area contributed by atoms with Gasteiger partial charge in [0.15, 0.2) is 0 Å². The Morgan fingerprint density at radius 2 is 2.10 bits per heavy atom. The first kappa shape index (κ1) is 14.4. The number of hydrogen-bond acceptors (Lipinski definition) is 4. The second-order valence-electron chi connectivity index (χ2n) is 5.57. The van der Waals surface area contributed by atoms with Crippen LogP contribution in [-0.2, 0) is 0 Å². The van der Waals surface area contributed by atoms with Gasteiger partial charge >= 0.3 is 0 Å². The van der Waals surface area contributed by atoms with E-state index in [1.807, 2.05) is 29.2 Å². The van der Waals surface area contributed by atoms with Gasteiger partial charge in [0, 0.05) is 23.0 Å². The summed E-state index contributed by atoms with van der Waals surface area (Å²) in [7, 11) is 0. The lowest BCUT2D eigenvalue weighted by Gasteiger charge is -2.27. The van der Waals surface area contributed by atoms with Crippen molar-refractivity contribution in [3.8, 4) is 0 Å². The van der Waals surface area contributed by atoms with Crippen molar-refractivity contribution in [1.29, 1.82) is 0 Å². The van der Waals surface area contributed by atoms with Crippen molar-refractivity contribution in [3.05, 3.63) is 29.1 Å². The van der Waals surface area contributed by atoms with Gasteiger partial charge < -0.3 is 15.7 Å². The minimum absolute atomic E-state index is 0.0140. The predicted molar refractivity (Wildman–Crippen MR) is 86.6 cm³/mol. The number of aliphatic hydroxyl groups is 1. The molecule has 1 fully saturated rings. The molecule has 3 rings (SSSR count). The van der Waals surface area contributed by atoms with E-state index in [9.17, 15) is 9.90 Å². The summed E-state index contributed by atoms with van der Waals surface area (Å²) in [5.41, 5.74) is 6.50. The van der Waals surface area contributed by atoms with Gasteiger partial charge in [-0.2, -0.15) is 0 Å². The van der Waals surface area contributed by atoms with E-state index >= 15 is 0 Å². The fourth-order valence-electron chi connectivity index (χ4n) is 3.08. The Morgan fingerprint density at radius 3 is 2.81 bits per heavy atom. The third-order valence-electron chi connectivity index (χ3n) is 4.12. The van der Waals surface area contributed by atoms with Crippen molar-refractivity contribution in [2.75, 3.05) is 18.9 Å². The Bertz CT molecular complexity index is 647. The summed E-state index contributed by atoms with van der Waals surface area (Å²) in [6, 6.07) is 7.90. The average molecular weight is 304 g/mol. The molecule has 0 bridgehead atoms. The first-order chi connectivity index (χ1) is 10.2. The number of thiophene rings is 1. The summed E-state index contributed by atoms with van der Waals surface area (Å²) in [4.78, 5) is 15.4. The molecule has 2 aromatic rings. The van der Waals surface area contributed by atoms with E-state index in [2.05, 4.69) is 0 Å². The van der Waals surface area contributed by atoms with Gasteiger partial charge in [0.2, 0.25) is 0 Å². The Kier molecular flexibility index (Phi) is 4.12. The standard InChI is InChI=1S/C16H20N2O2S/c17-12-5-6-14-11(9-12)10-15(21-14)16(20)18(7-8-19)13-3-1-2-4-13/h5-6,9-10,13,19H,1-4,7-8,17H2. The number of nitrogen functional groups attached to an aromatic ring is 1. The number of benzene rings is 1. The second-order valence-corrected chi connectivity index (χ2v) is 6.65. The van der Waals surface area contributed by atoms with Crippen LogP contribution < -0.4 is 5.73 Å². The van der Waals surface area contributed by atoms with Gasteiger partial charge in [-0.15, -0.1) is 11.3 Å². The van der Waals surface area contributed by atoms with Gasteiger partial charge in [-0.3, -0.25) is 4.79 Å². The average Bonchev–Trinajstić information content (AvgIpc) is 3.12. The molecule has 112 valence electrons. The van der Waals surface area contributed by atoms with Crippen molar-refractivity contribution in [2.24, 2.45) is 0 Å². The summed E-state index contributed by atoms with van der Waals surface area (Å²) in [5.74, 6) is 0.0377. The molecule has 1 aliphatic carbocycles. The van der Waals surface area contributed by atoms with Gasteiger partial charge in [-0.1, -0.05) is 12.8 Å². The summed E-state index contributed by atoms with van der Waals surface area (Å²) in [6.07, 6.45) is 4.43. The molecule has 0 atom stereocenters. The molecule has 5 heteroatoms. The van der Waals surface area contributed by atoms with Crippen LogP contribution in [0.3, 0.4) is 0 Å². The van der Waals surface area contributed by atoms with Crippen molar-refractivity contribution in [2.45, 2.75) is 31.7 Å². The number of carbonyl (C=O) groups excluding carboxylic acids is 1. The third-order valence-corrected chi connectivity index (χ3v) is 5.22. The Labute approximate surface area is 128 Å². The van der Waals surface area contributed by atoms with Crippen molar-refractivity contribution >= 4 is 33.0 Å². The van der Waals surface area contributed by atoms with Gasteiger partial charge in [0.25, 0.3) is 5.91 Å². The molecule has 1 saturated carbocycles. The van der Waals surface area contributed by atoms with E-state index in [0.717, 1.165) is 27.8 Å². The first-order valence-corrected chi connectivity index (χ1v) is 8.21. The van der Waals surface area contributed by atoms with Crippen molar-refractivity contribution in [1.82, 2.24) is 4.90 Å². The molecular formula is C16H20N2O2S. The monoisotopic (exact) mass is 304 g/mol. The molecule has 0 unspecified atom stereocenters. The van der Waals surface area contributed by atoms with Crippen LogP contribution >= 0.6 is 11.3 Å². The molecule has 1 heterocycles.